The molecule has 0 unspecified atom stereocenters. The van der Waals surface area contributed by atoms with Gasteiger partial charge < -0.3 is 16.0 Å². The van der Waals surface area contributed by atoms with Crippen LogP contribution in [0.5, 0.6) is 0 Å². The van der Waals surface area contributed by atoms with Crippen molar-refractivity contribution in [3.8, 4) is 0 Å². The molecule has 0 bridgehead atoms. The monoisotopic (exact) mass is 213 g/mol. The number of benzene rings is 1. The first-order valence-corrected chi connectivity index (χ1v) is 4.42. The molecule has 1 aromatic rings. The molecule has 0 atom stereocenters. The second-order valence-electron chi connectivity index (χ2n) is 3.05. The number of nitrogens with zero attached hydrogens (tertiary/aromatic N) is 1. The Morgan fingerprint density at radius 1 is 1.50 bits per heavy atom. The Hall–Kier alpha value is -1.42. The minimum atomic E-state index is -0.602. The SMILES string of the molecule is CN(C)c1ccc(Cl)cc1NC(N)=O. The third-order valence-corrected chi connectivity index (χ3v) is 1.93. The van der Waals surface area contributed by atoms with E-state index in [-0.39, 0.29) is 0 Å². The average molecular weight is 214 g/mol. The molecule has 0 saturated carbocycles. The van der Waals surface area contributed by atoms with Gasteiger partial charge in [0.05, 0.1) is 11.4 Å². The van der Waals surface area contributed by atoms with Crippen molar-refractivity contribution in [2.24, 2.45) is 5.73 Å². The largest absolute Gasteiger partial charge is 0.376 e. The Labute approximate surface area is 87.6 Å². The second-order valence-corrected chi connectivity index (χ2v) is 3.48. The van der Waals surface area contributed by atoms with Crippen LogP contribution >= 0.6 is 11.6 Å². The first-order chi connectivity index (χ1) is 6.50. The summed E-state index contributed by atoms with van der Waals surface area (Å²) in [5, 5.41) is 3.06. The maximum absolute atomic E-state index is 10.7. The molecule has 5 heteroatoms. The van der Waals surface area contributed by atoms with E-state index in [9.17, 15) is 4.79 Å². The van der Waals surface area contributed by atoms with Gasteiger partial charge in [-0.15, -0.1) is 0 Å². The molecular formula is C9H12ClN3O. The van der Waals surface area contributed by atoms with Crippen LogP contribution in [-0.2, 0) is 0 Å². The molecule has 76 valence electrons. The van der Waals surface area contributed by atoms with E-state index in [0.29, 0.717) is 10.7 Å². The number of carbonyl (C=O) groups is 1. The number of halogens is 1. The lowest BCUT2D eigenvalue weighted by Crippen LogP contribution is -2.21. The van der Waals surface area contributed by atoms with Gasteiger partial charge in [0.25, 0.3) is 0 Å². The van der Waals surface area contributed by atoms with Crippen molar-refractivity contribution in [2.45, 2.75) is 0 Å². The van der Waals surface area contributed by atoms with Crippen molar-refractivity contribution in [2.75, 3.05) is 24.3 Å². The number of primary amides is 1. The highest BCUT2D eigenvalue weighted by atomic mass is 35.5. The van der Waals surface area contributed by atoms with Gasteiger partial charge >= 0.3 is 6.03 Å². The molecule has 1 aromatic carbocycles. The van der Waals surface area contributed by atoms with Crippen LogP contribution in [0.15, 0.2) is 18.2 Å². The van der Waals surface area contributed by atoms with Crippen LogP contribution in [0.1, 0.15) is 0 Å². The summed E-state index contributed by atoms with van der Waals surface area (Å²) in [5.74, 6) is 0. The highest BCUT2D eigenvalue weighted by Crippen LogP contribution is 2.27. The predicted octanol–water partition coefficient (Wildman–Crippen LogP) is 1.90. The number of nitrogens with one attached hydrogen (secondary N) is 1. The third kappa shape index (κ3) is 2.53. The zero-order valence-corrected chi connectivity index (χ0v) is 8.80. The minimum Gasteiger partial charge on any atom is -0.376 e. The zero-order valence-electron chi connectivity index (χ0n) is 8.04. The van der Waals surface area contributed by atoms with Gasteiger partial charge in [0.15, 0.2) is 0 Å². The second kappa shape index (κ2) is 4.19. The molecule has 0 aliphatic carbocycles. The maximum atomic E-state index is 10.7. The van der Waals surface area contributed by atoms with Crippen LogP contribution < -0.4 is 16.0 Å². The number of nitrogens with two attached hydrogens (primary N) is 1. The van der Waals surface area contributed by atoms with Crippen molar-refractivity contribution in [3.05, 3.63) is 23.2 Å². The van der Waals surface area contributed by atoms with Gasteiger partial charge in [-0.2, -0.15) is 0 Å². The summed E-state index contributed by atoms with van der Waals surface area (Å²) in [5.41, 5.74) is 6.49. The van der Waals surface area contributed by atoms with E-state index in [1.165, 1.54) is 0 Å². The molecule has 2 amide bonds. The highest BCUT2D eigenvalue weighted by Gasteiger charge is 2.06. The number of anilines is 2. The molecule has 14 heavy (non-hydrogen) atoms. The van der Waals surface area contributed by atoms with E-state index in [2.05, 4.69) is 5.32 Å². The first kappa shape index (κ1) is 10.7. The van der Waals surface area contributed by atoms with E-state index < -0.39 is 6.03 Å². The van der Waals surface area contributed by atoms with E-state index in [4.69, 9.17) is 17.3 Å². The molecule has 0 heterocycles. The average Bonchev–Trinajstić information content (AvgIpc) is 2.01. The Balaban J connectivity index is 3.09. The van der Waals surface area contributed by atoms with Gasteiger partial charge in [0, 0.05) is 19.1 Å². The normalized spacial score (nSPS) is 9.64. The van der Waals surface area contributed by atoms with E-state index >= 15 is 0 Å². The van der Waals surface area contributed by atoms with E-state index in [0.717, 1.165) is 5.69 Å². The number of carbonyl (C=O) groups excluding carboxylic acids is 1. The highest BCUT2D eigenvalue weighted by molar-refractivity contribution is 6.31. The van der Waals surface area contributed by atoms with Crippen LogP contribution in [0.4, 0.5) is 16.2 Å². The fraction of sp³-hybridized carbons (Fsp3) is 0.222. The molecular weight excluding hydrogens is 202 g/mol. The maximum Gasteiger partial charge on any atom is 0.316 e. The van der Waals surface area contributed by atoms with Crippen LogP contribution in [0.3, 0.4) is 0 Å². The van der Waals surface area contributed by atoms with E-state index in [1.807, 2.05) is 25.1 Å². The van der Waals surface area contributed by atoms with Crippen LogP contribution in [0.25, 0.3) is 0 Å². The molecule has 1 rings (SSSR count). The molecule has 0 aliphatic rings. The number of hydrogen-bond donors (Lipinski definition) is 2. The van der Waals surface area contributed by atoms with Crippen molar-refractivity contribution < 1.29 is 4.79 Å². The Kier molecular flexibility index (Phi) is 3.19. The molecule has 3 N–H and O–H groups in total. The van der Waals surface area contributed by atoms with Crippen LogP contribution in [-0.4, -0.2) is 20.1 Å². The van der Waals surface area contributed by atoms with Crippen molar-refractivity contribution >= 4 is 29.0 Å². The Bertz CT molecular complexity index is 352. The quantitative estimate of drug-likeness (QED) is 0.788. The van der Waals surface area contributed by atoms with Gasteiger partial charge in [-0.05, 0) is 18.2 Å². The summed E-state index contributed by atoms with van der Waals surface area (Å²) in [7, 11) is 3.74. The predicted molar refractivity (Wildman–Crippen MR) is 59.0 cm³/mol. The van der Waals surface area contributed by atoms with Gasteiger partial charge in [0.2, 0.25) is 0 Å². The lowest BCUT2D eigenvalue weighted by Gasteiger charge is -2.17. The fourth-order valence-electron chi connectivity index (χ4n) is 1.13. The summed E-state index contributed by atoms with van der Waals surface area (Å²) in [6.07, 6.45) is 0. The number of amides is 2. The van der Waals surface area contributed by atoms with Crippen molar-refractivity contribution in [1.82, 2.24) is 0 Å². The fourth-order valence-corrected chi connectivity index (χ4v) is 1.30. The van der Waals surface area contributed by atoms with Crippen molar-refractivity contribution in [3.63, 3.8) is 0 Å². The Morgan fingerprint density at radius 2 is 2.14 bits per heavy atom. The molecule has 0 fully saturated rings. The third-order valence-electron chi connectivity index (χ3n) is 1.70. The lowest BCUT2D eigenvalue weighted by molar-refractivity contribution is 0.259. The smallest absolute Gasteiger partial charge is 0.316 e. The number of urea groups is 1. The number of rotatable bonds is 2. The molecule has 0 aromatic heterocycles. The number of hydrogen-bond acceptors (Lipinski definition) is 2. The summed E-state index contributed by atoms with van der Waals surface area (Å²) in [6.45, 7) is 0. The van der Waals surface area contributed by atoms with Crippen LogP contribution in [0, 0.1) is 0 Å². The molecule has 0 saturated heterocycles. The molecule has 0 radical (unpaired) electrons. The van der Waals surface area contributed by atoms with Gasteiger partial charge in [-0.3, -0.25) is 0 Å². The lowest BCUT2D eigenvalue weighted by atomic mass is 10.2. The van der Waals surface area contributed by atoms with Gasteiger partial charge in [-0.1, -0.05) is 11.6 Å². The topological polar surface area (TPSA) is 58.4 Å². The van der Waals surface area contributed by atoms with E-state index in [1.54, 1.807) is 12.1 Å². The summed E-state index contributed by atoms with van der Waals surface area (Å²) in [6, 6.07) is 4.62. The minimum absolute atomic E-state index is 0.555. The zero-order chi connectivity index (χ0) is 10.7. The van der Waals surface area contributed by atoms with Gasteiger partial charge in [-0.25, -0.2) is 4.79 Å². The molecule has 4 nitrogen and oxygen atoms in total. The Morgan fingerprint density at radius 3 is 2.64 bits per heavy atom. The van der Waals surface area contributed by atoms with Crippen molar-refractivity contribution in [1.29, 1.82) is 0 Å². The van der Waals surface area contributed by atoms with Crippen LogP contribution in [0.2, 0.25) is 5.02 Å². The first-order valence-electron chi connectivity index (χ1n) is 4.04. The van der Waals surface area contributed by atoms with Gasteiger partial charge in [0.1, 0.15) is 0 Å². The standard InChI is InChI=1S/C9H12ClN3O/c1-13(2)8-4-3-6(10)5-7(8)12-9(11)14/h3-5H,1-2H3,(H3,11,12,14). The molecule has 0 spiro atoms. The summed E-state index contributed by atoms with van der Waals surface area (Å²) < 4.78 is 0. The summed E-state index contributed by atoms with van der Waals surface area (Å²) in [4.78, 5) is 12.6. The summed E-state index contributed by atoms with van der Waals surface area (Å²) >= 11 is 5.79. The molecule has 0 aliphatic heterocycles.